The molecule has 1 atom stereocenters. The highest BCUT2D eigenvalue weighted by Gasteiger charge is 2.37. The van der Waals surface area contributed by atoms with Gasteiger partial charge in [-0.2, -0.15) is 5.26 Å². The third-order valence-corrected chi connectivity index (χ3v) is 7.30. The van der Waals surface area contributed by atoms with Gasteiger partial charge < -0.3 is 0 Å². The molecule has 0 radical (unpaired) electrons. The lowest BCUT2D eigenvalue weighted by Crippen LogP contribution is -2.16. The van der Waals surface area contributed by atoms with Crippen LogP contribution in [-0.2, 0) is 9.84 Å². The number of thiophene rings is 1. The number of para-hydroxylation sites is 1. The first-order valence-electron chi connectivity index (χ1n) is 7.87. The van der Waals surface area contributed by atoms with Crippen LogP contribution in [-0.4, -0.2) is 13.3 Å². The minimum Gasteiger partial charge on any atom is -0.258 e. The van der Waals surface area contributed by atoms with Crippen molar-refractivity contribution in [2.75, 3.05) is 0 Å². The summed E-state index contributed by atoms with van der Waals surface area (Å²) in [7, 11) is -4.03. The van der Waals surface area contributed by atoms with E-state index >= 15 is 0 Å². The number of hydrogen-bond acceptors (Lipinski definition) is 6. The van der Waals surface area contributed by atoms with Crippen molar-refractivity contribution in [3.63, 3.8) is 0 Å². The molecule has 3 aromatic rings. The van der Waals surface area contributed by atoms with E-state index < -0.39 is 20.0 Å². The van der Waals surface area contributed by atoms with E-state index in [4.69, 9.17) is 0 Å². The van der Waals surface area contributed by atoms with Crippen LogP contribution in [0.4, 0.5) is 5.69 Å². The highest BCUT2D eigenvalue weighted by Crippen LogP contribution is 2.42. The lowest BCUT2D eigenvalue weighted by atomic mass is 10.1. The van der Waals surface area contributed by atoms with Gasteiger partial charge in [-0.05, 0) is 30.5 Å². The van der Waals surface area contributed by atoms with Gasteiger partial charge in [-0.15, -0.1) is 11.3 Å². The Kier molecular flexibility index (Phi) is 5.08. The molecule has 0 spiro atoms. The van der Waals surface area contributed by atoms with Gasteiger partial charge >= 0.3 is 0 Å². The first kappa shape index (κ1) is 18.8. The summed E-state index contributed by atoms with van der Waals surface area (Å²) in [6, 6.07) is 15.5. The molecule has 0 aliphatic heterocycles. The molecular weight excluding hydrogens is 384 g/mol. The van der Waals surface area contributed by atoms with Crippen LogP contribution >= 0.6 is 11.3 Å². The molecule has 1 aromatic heterocycles. The maximum absolute atomic E-state index is 13.5. The summed E-state index contributed by atoms with van der Waals surface area (Å²) in [4.78, 5) is 11.2. The first-order valence-corrected chi connectivity index (χ1v) is 10.3. The summed E-state index contributed by atoms with van der Waals surface area (Å²) in [5.41, 5.74) is 0.835. The second kappa shape index (κ2) is 7.31. The van der Waals surface area contributed by atoms with Gasteiger partial charge in [0, 0.05) is 10.9 Å². The van der Waals surface area contributed by atoms with E-state index in [-0.39, 0.29) is 26.6 Å². The number of rotatable bonds is 5. The van der Waals surface area contributed by atoms with Crippen LogP contribution in [0.25, 0.3) is 0 Å². The Labute approximate surface area is 160 Å². The monoisotopic (exact) mass is 398 g/mol. The SMILES string of the molecule is Cc1ccc(S(=O)(=O)C(c2ccccc2[N+](=O)[O-])c2sccc2C#N)cc1. The topological polar surface area (TPSA) is 101 Å². The quantitative estimate of drug-likeness (QED) is 0.468. The van der Waals surface area contributed by atoms with Crippen molar-refractivity contribution >= 4 is 26.9 Å². The van der Waals surface area contributed by atoms with E-state index in [9.17, 15) is 23.8 Å². The Bertz CT molecular complexity index is 1140. The van der Waals surface area contributed by atoms with Gasteiger partial charge in [0.05, 0.1) is 20.9 Å². The summed E-state index contributed by atoms with van der Waals surface area (Å²) < 4.78 is 26.9. The fourth-order valence-corrected chi connectivity index (χ4v) is 5.92. The number of hydrogen-bond donors (Lipinski definition) is 0. The average molecular weight is 398 g/mol. The fraction of sp³-hybridized carbons (Fsp3) is 0.105. The van der Waals surface area contributed by atoms with Crippen molar-refractivity contribution < 1.29 is 13.3 Å². The molecule has 1 heterocycles. The maximum Gasteiger partial charge on any atom is 0.274 e. The third kappa shape index (κ3) is 3.47. The zero-order chi connectivity index (χ0) is 19.6. The molecule has 27 heavy (non-hydrogen) atoms. The zero-order valence-electron chi connectivity index (χ0n) is 14.2. The Balaban J connectivity index is 2.32. The zero-order valence-corrected chi connectivity index (χ0v) is 15.8. The van der Waals surface area contributed by atoms with Gasteiger partial charge in [-0.3, -0.25) is 10.1 Å². The average Bonchev–Trinajstić information content (AvgIpc) is 3.10. The van der Waals surface area contributed by atoms with Gasteiger partial charge in [0.25, 0.3) is 5.69 Å². The normalized spacial score (nSPS) is 12.3. The number of nitro groups is 1. The second-order valence-electron chi connectivity index (χ2n) is 5.86. The molecule has 3 rings (SSSR count). The van der Waals surface area contributed by atoms with Gasteiger partial charge in [-0.1, -0.05) is 35.9 Å². The van der Waals surface area contributed by atoms with Crippen molar-refractivity contribution in [2.24, 2.45) is 0 Å². The van der Waals surface area contributed by atoms with E-state index in [1.54, 1.807) is 23.6 Å². The lowest BCUT2D eigenvalue weighted by molar-refractivity contribution is -0.385. The largest absolute Gasteiger partial charge is 0.274 e. The first-order chi connectivity index (χ1) is 12.9. The Morgan fingerprint density at radius 3 is 2.41 bits per heavy atom. The Hall–Kier alpha value is -3.02. The van der Waals surface area contributed by atoms with E-state index in [1.807, 2.05) is 13.0 Å². The summed E-state index contributed by atoms with van der Waals surface area (Å²) >= 11 is 1.10. The molecule has 136 valence electrons. The van der Waals surface area contributed by atoms with E-state index in [2.05, 4.69) is 0 Å². The number of nitrogens with zero attached hydrogens (tertiary/aromatic N) is 2. The van der Waals surface area contributed by atoms with Crippen LogP contribution < -0.4 is 0 Å². The molecule has 0 aliphatic carbocycles. The highest BCUT2D eigenvalue weighted by atomic mass is 32.2. The molecular formula is C19H14N2O4S2. The molecule has 0 amide bonds. The van der Waals surface area contributed by atoms with Crippen LogP contribution in [0.15, 0.2) is 64.9 Å². The van der Waals surface area contributed by atoms with Gasteiger partial charge in [-0.25, -0.2) is 8.42 Å². The van der Waals surface area contributed by atoms with Crippen LogP contribution in [0.3, 0.4) is 0 Å². The van der Waals surface area contributed by atoms with Crippen molar-refractivity contribution in [3.05, 3.63) is 91.7 Å². The molecule has 0 bridgehead atoms. The molecule has 0 saturated carbocycles. The predicted molar refractivity (Wildman–Crippen MR) is 102 cm³/mol. The van der Waals surface area contributed by atoms with E-state index in [0.717, 1.165) is 16.9 Å². The summed E-state index contributed by atoms with van der Waals surface area (Å²) in [6.45, 7) is 1.84. The number of sulfone groups is 1. The molecule has 1 unspecified atom stereocenters. The van der Waals surface area contributed by atoms with Crippen molar-refractivity contribution in [1.82, 2.24) is 0 Å². The van der Waals surface area contributed by atoms with E-state index in [1.165, 1.54) is 36.4 Å². The standard InChI is InChI=1S/C19H14N2O4S2/c1-13-6-8-15(9-7-13)27(24,25)19(18-14(12-20)10-11-26-18)16-4-2-3-5-17(16)21(22)23/h2-11,19H,1H3. The Morgan fingerprint density at radius 2 is 1.78 bits per heavy atom. The second-order valence-corrected chi connectivity index (χ2v) is 8.84. The maximum atomic E-state index is 13.5. The molecule has 2 aromatic carbocycles. The van der Waals surface area contributed by atoms with Gasteiger partial charge in [0.2, 0.25) is 0 Å². The summed E-state index contributed by atoms with van der Waals surface area (Å²) in [5, 5.41) is 21.2. The molecule has 0 fully saturated rings. The van der Waals surface area contributed by atoms with Crippen LogP contribution in [0, 0.1) is 28.4 Å². The molecule has 0 aliphatic rings. The minimum atomic E-state index is -4.03. The van der Waals surface area contributed by atoms with Crippen molar-refractivity contribution in [3.8, 4) is 6.07 Å². The Morgan fingerprint density at radius 1 is 1.11 bits per heavy atom. The molecule has 0 N–H and O–H groups in total. The number of nitro benzene ring substituents is 1. The van der Waals surface area contributed by atoms with Crippen LogP contribution in [0.1, 0.15) is 26.8 Å². The van der Waals surface area contributed by atoms with Crippen molar-refractivity contribution in [1.29, 1.82) is 5.26 Å². The van der Waals surface area contributed by atoms with Gasteiger partial charge in [0.1, 0.15) is 11.3 Å². The predicted octanol–water partition coefficient (Wildman–Crippen LogP) is 4.40. The molecule has 6 nitrogen and oxygen atoms in total. The number of benzene rings is 2. The fourth-order valence-electron chi connectivity index (χ4n) is 2.81. The van der Waals surface area contributed by atoms with Gasteiger partial charge in [0.15, 0.2) is 9.84 Å². The number of nitriles is 1. The van der Waals surface area contributed by atoms with Crippen LogP contribution in [0.2, 0.25) is 0 Å². The van der Waals surface area contributed by atoms with E-state index in [0.29, 0.717) is 0 Å². The third-order valence-electron chi connectivity index (χ3n) is 4.13. The minimum absolute atomic E-state index is 0.0435. The summed E-state index contributed by atoms with van der Waals surface area (Å²) in [6.07, 6.45) is 0. The van der Waals surface area contributed by atoms with Crippen LogP contribution in [0.5, 0.6) is 0 Å². The highest BCUT2D eigenvalue weighted by molar-refractivity contribution is 7.92. The smallest absolute Gasteiger partial charge is 0.258 e. The number of aryl methyl sites for hydroxylation is 1. The lowest BCUT2D eigenvalue weighted by Gasteiger charge is -2.18. The van der Waals surface area contributed by atoms with Crippen molar-refractivity contribution in [2.45, 2.75) is 17.1 Å². The molecule has 8 heteroatoms. The molecule has 0 saturated heterocycles. The summed E-state index contributed by atoms with van der Waals surface area (Å²) in [5.74, 6) is 0.